The van der Waals surface area contributed by atoms with E-state index in [0.717, 1.165) is 12.0 Å². The Morgan fingerprint density at radius 1 is 1.37 bits per heavy atom. The molecule has 0 atom stereocenters. The van der Waals surface area contributed by atoms with E-state index >= 15 is 0 Å². The molecule has 0 aromatic carbocycles. The monoisotopic (exact) mass is 441 g/mol. The number of carbonyl (C=O) groups is 2. The number of nitrogens with one attached hydrogen (secondary N) is 2. The number of Topliss-reactive ketones (excluding diaryl/α,β-unsaturated/α-hetero) is 2. The summed E-state index contributed by atoms with van der Waals surface area (Å²) in [6.07, 6.45) is 0.870. The molecule has 0 saturated heterocycles. The molecule has 12 heteroatoms. The maximum atomic E-state index is 12.0. The van der Waals surface area contributed by atoms with Crippen LogP contribution in [-0.4, -0.2) is 59.9 Å². The fourth-order valence-electron chi connectivity index (χ4n) is 2.34. The molecule has 1 heterocycles. The Morgan fingerprint density at radius 3 is 2.63 bits per heavy atom. The van der Waals surface area contributed by atoms with Crippen molar-refractivity contribution in [3.63, 3.8) is 0 Å². The molecule has 166 valence electrons. The highest BCUT2D eigenvalue weighted by Crippen LogP contribution is 2.17. The Hall–Kier alpha value is -2.73. The molecule has 1 aromatic rings. The molecule has 0 fully saturated rings. The molecule has 30 heavy (non-hydrogen) atoms. The molecule has 0 aliphatic carbocycles. The van der Waals surface area contributed by atoms with Crippen LogP contribution in [0.25, 0.3) is 0 Å². The van der Waals surface area contributed by atoms with E-state index in [1.807, 2.05) is 6.07 Å². The van der Waals surface area contributed by atoms with Crippen molar-refractivity contribution in [3.8, 4) is 0 Å². The first kappa shape index (κ1) is 25.3. The standard InChI is InChI=1S/C18H27N5O6S/c1-18(2,21-26)17(25)15(24)10-22(4)9-13-5-6-14(29-13)12-30-8-7-20-16(19-3)11-23(27)28/h5-6,11,19-20H,7-10,12H2,1-4H3/b16-11-. The maximum absolute atomic E-state index is 12.0. The van der Waals surface area contributed by atoms with Gasteiger partial charge in [0, 0.05) is 19.3 Å². The largest absolute Gasteiger partial charge is 0.464 e. The zero-order valence-corrected chi connectivity index (χ0v) is 18.3. The minimum absolute atomic E-state index is 0.139. The van der Waals surface area contributed by atoms with Gasteiger partial charge in [-0.15, -0.1) is 4.91 Å². The van der Waals surface area contributed by atoms with E-state index < -0.39 is 22.0 Å². The van der Waals surface area contributed by atoms with Gasteiger partial charge in [0.25, 0.3) is 6.20 Å². The van der Waals surface area contributed by atoms with E-state index in [0.29, 0.717) is 36.2 Å². The van der Waals surface area contributed by atoms with Crippen LogP contribution in [0.5, 0.6) is 0 Å². The zero-order chi connectivity index (χ0) is 22.7. The van der Waals surface area contributed by atoms with Gasteiger partial charge in [-0.2, -0.15) is 11.8 Å². The number of carbonyl (C=O) groups excluding carboxylic acids is 2. The van der Waals surface area contributed by atoms with Gasteiger partial charge < -0.3 is 15.1 Å². The third-order valence-corrected chi connectivity index (χ3v) is 4.89. The first-order chi connectivity index (χ1) is 14.1. The molecule has 2 N–H and O–H groups in total. The van der Waals surface area contributed by atoms with E-state index in [9.17, 15) is 24.6 Å². The number of nitrogens with zero attached hydrogens (tertiary/aromatic N) is 3. The summed E-state index contributed by atoms with van der Waals surface area (Å²) in [6.45, 7) is 3.36. The van der Waals surface area contributed by atoms with Crippen molar-refractivity contribution >= 4 is 23.3 Å². The Bertz CT molecular complexity index is 792. The number of thioether (sulfide) groups is 1. The fourth-order valence-corrected chi connectivity index (χ4v) is 3.09. The Morgan fingerprint density at radius 2 is 2.03 bits per heavy atom. The highest BCUT2D eigenvalue weighted by atomic mass is 32.2. The van der Waals surface area contributed by atoms with E-state index in [1.54, 1.807) is 36.8 Å². The lowest BCUT2D eigenvalue weighted by Crippen LogP contribution is -2.40. The fraction of sp³-hybridized carbons (Fsp3) is 0.556. The van der Waals surface area contributed by atoms with Crippen molar-refractivity contribution in [1.82, 2.24) is 15.5 Å². The zero-order valence-electron chi connectivity index (χ0n) is 17.5. The van der Waals surface area contributed by atoms with Crippen molar-refractivity contribution < 1.29 is 18.9 Å². The minimum Gasteiger partial charge on any atom is -0.464 e. The summed E-state index contributed by atoms with van der Waals surface area (Å²) in [5.41, 5.74) is -1.56. The summed E-state index contributed by atoms with van der Waals surface area (Å²) in [6, 6.07) is 3.63. The van der Waals surface area contributed by atoms with Crippen molar-refractivity contribution in [1.29, 1.82) is 0 Å². The van der Waals surface area contributed by atoms with Gasteiger partial charge in [0.05, 0.1) is 23.8 Å². The lowest BCUT2D eigenvalue weighted by atomic mass is 9.97. The second-order valence-electron chi connectivity index (χ2n) is 7.00. The van der Waals surface area contributed by atoms with Crippen molar-refractivity contribution in [3.05, 3.63) is 50.7 Å². The number of likely N-dealkylation sites (N-methyl/N-ethyl adjacent to an activating group) is 1. The van der Waals surface area contributed by atoms with Crippen LogP contribution < -0.4 is 10.6 Å². The van der Waals surface area contributed by atoms with Gasteiger partial charge in [-0.3, -0.25) is 24.6 Å². The number of nitro groups is 1. The van der Waals surface area contributed by atoms with Crippen LogP contribution >= 0.6 is 11.8 Å². The molecule has 0 amide bonds. The summed E-state index contributed by atoms with van der Waals surface area (Å²) in [7, 11) is 3.27. The van der Waals surface area contributed by atoms with Gasteiger partial charge >= 0.3 is 0 Å². The third-order valence-electron chi connectivity index (χ3n) is 3.90. The molecule has 0 aliphatic rings. The van der Waals surface area contributed by atoms with Crippen LogP contribution in [0.2, 0.25) is 0 Å². The highest BCUT2D eigenvalue weighted by Gasteiger charge is 2.34. The molecular weight excluding hydrogens is 414 g/mol. The molecule has 1 aromatic heterocycles. The van der Waals surface area contributed by atoms with Crippen LogP contribution in [0.1, 0.15) is 25.4 Å². The second kappa shape index (κ2) is 12.1. The van der Waals surface area contributed by atoms with Crippen LogP contribution in [0, 0.1) is 15.0 Å². The average Bonchev–Trinajstić information content (AvgIpc) is 3.12. The van der Waals surface area contributed by atoms with Crippen LogP contribution in [0.4, 0.5) is 0 Å². The number of furan rings is 1. The minimum atomic E-state index is -1.56. The van der Waals surface area contributed by atoms with Gasteiger partial charge in [0.1, 0.15) is 11.5 Å². The molecule has 0 unspecified atom stereocenters. The summed E-state index contributed by atoms with van der Waals surface area (Å²) < 4.78 is 5.73. The van der Waals surface area contributed by atoms with Gasteiger partial charge in [0.2, 0.25) is 11.6 Å². The SMILES string of the molecule is CN/C(=C/[N+](=O)[O-])NCCSCc1ccc(CN(C)CC(=O)C(=O)C(C)(C)N=O)o1. The lowest BCUT2D eigenvalue weighted by molar-refractivity contribution is -0.404. The summed E-state index contributed by atoms with van der Waals surface area (Å²) in [5.74, 6) is 1.58. The Labute approximate surface area is 178 Å². The Kier molecular flexibility index (Phi) is 10.2. The van der Waals surface area contributed by atoms with Crippen LogP contribution in [0.3, 0.4) is 0 Å². The van der Waals surface area contributed by atoms with E-state index in [-0.39, 0.29) is 6.54 Å². The van der Waals surface area contributed by atoms with Crippen molar-refractivity contribution in [2.75, 3.05) is 32.9 Å². The topological polar surface area (TPSA) is 147 Å². The summed E-state index contributed by atoms with van der Waals surface area (Å²) in [4.78, 5) is 46.2. The summed E-state index contributed by atoms with van der Waals surface area (Å²) >= 11 is 1.60. The van der Waals surface area contributed by atoms with Gasteiger partial charge in [-0.25, -0.2) is 0 Å². The number of ketones is 2. The number of hydrogen-bond acceptors (Lipinski definition) is 11. The van der Waals surface area contributed by atoms with E-state index in [2.05, 4.69) is 15.8 Å². The third kappa shape index (κ3) is 8.74. The molecule has 1 rings (SSSR count). The molecule has 11 nitrogen and oxygen atoms in total. The predicted molar refractivity (Wildman–Crippen MR) is 113 cm³/mol. The average molecular weight is 442 g/mol. The molecule has 0 saturated carbocycles. The molecule has 0 spiro atoms. The lowest BCUT2D eigenvalue weighted by Gasteiger charge is -2.17. The quantitative estimate of drug-likeness (QED) is 0.135. The van der Waals surface area contributed by atoms with Crippen molar-refractivity contribution in [2.24, 2.45) is 5.18 Å². The summed E-state index contributed by atoms with van der Waals surface area (Å²) in [5, 5.41) is 18.8. The molecular formula is C18H27N5O6S. The van der Waals surface area contributed by atoms with E-state index in [1.165, 1.54) is 13.8 Å². The Balaban J connectivity index is 2.39. The van der Waals surface area contributed by atoms with E-state index in [4.69, 9.17) is 4.42 Å². The first-order valence-electron chi connectivity index (χ1n) is 9.12. The van der Waals surface area contributed by atoms with Crippen molar-refractivity contribution in [2.45, 2.75) is 31.7 Å². The molecule has 0 aliphatic heterocycles. The second-order valence-corrected chi connectivity index (χ2v) is 8.11. The molecule has 0 radical (unpaired) electrons. The van der Waals surface area contributed by atoms with Gasteiger partial charge in [0.15, 0.2) is 11.4 Å². The number of nitroso groups, excluding NO2 is 1. The normalized spacial score (nSPS) is 12.0. The highest BCUT2D eigenvalue weighted by molar-refractivity contribution is 7.98. The van der Waals surface area contributed by atoms with Crippen LogP contribution in [-0.2, 0) is 21.9 Å². The smallest absolute Gasteiger partial charge is 0.274 e. The molecule has 0 bridgehead atoms. The predicted octanol–water partition coefficient (Wildman–Crippen LogP) is 1.51. The first-order valence-corrected chi connectivity index (χ1v) is 10.3. The number of rotatable bonds is 15. The van der Waals surface area contributed by atoms with Gasteiger partial charge in [-0.05, 0) is 33.0 Å². The van der Waals surface area contributed by atoms with Gasteiger partial charge in [-0.1, -0.05) is 5.18 Å². The van der Waals surface area contributed by atoms with Crippen LogP contribution in [0.15, 0.2) is 33.7 Å². The maximum Gasteiger partial charge on any atom is 0.274 e. The number of hydrogen-bond donors (Lipinski definition) is 2.